The quantitative estimate of drug-likeness (QED) is 0.515. The molecule has 0 aliphatic carbocycles. The Hall–Kier alpha value is -1.89. The Labute approximate surface area is 169 Å². The van der Waals surface area contributed by atoms with Crippen molar-refractivity contribution in [3.05, 3.63) is 62.9 Å². The van der Waals surface area contributed by atoms with Crippen molar-refractivity contribution in [2.75, 3.05) is 11.9 Å². The number of hydrogen-bond acceptors (Lipinski definition) is 4. The van der Waals surface area contributed by atoms with Crippen molar-refractivity contribution in [3.63, 3.8) is 0 Å². The van der Waals surface area contributed by atoms with Gasteiger partial charge in [-0.3, -0.25) is 10.1 Å². The number of ether oxygens (including phenoxy) is 1. The molecule has 7 heteroatoms. The van der Waals surface area contributed by atoms with Crippen LogP contribution in [0.4, 0.5) is 5.13 Å². The molecule has 0 saturated carbocycles. The molecular formula is C19H16BrClN2O2S. The van der Waals surface area contributed by atoms with Gasteiger partial charge in [0.2, 0.25) is 0 Å². The summed E-state index contributed by atoms with van der Waals surface area (Å²) in [6.45, 7) is 1.99. The third-order valence-electron chi connectivity index (χ3n) is 3.66. The Morgan fingerprint density at radius 3 is 2.85 bits per heavy atom. The number of anilines is 1. The third kappa shape index (κ3) is 4.63. The van der Waals surface area contributed by atoms with Crippen LogP contribution in [0.2, 0.25) is 5.02 Å². The molecule has 0 radical (unpaired) electrons. The number of nitrogens with one attached hydrogen (secondary N) is 1. The van der Waals surface area contributed by atoms with Gasteiger partial charge in [-0.1, -0.05) is 42.8 Å². The van der Waals surface area contributed by atoms with Gasteiger partial charge in [0.05, 0.1) is 10.2 Å². The molecular weight excluding hydrogens is 436 g/mol. The van der Waals surface area contributed by atoms with Crippen LogP contribution >= 0.6 is 38.9 Å². The summed E-state index contributed by atoms with van der Waals surface area (Å²) >= 11 is 11.0. The average Bonchev–Trinajstić information content (AvgIpc) is 3.09. The van der Waals surface area contributed by atoms with Crippen LogP contribution in [-0.4, -0.2) is 17.5 Å². The maximum absolute atomic E-state index is 12.1. The summed E-state index contributed by atoms with van der Waals surface area (Å²) in [5.41, 5.74) is 2.76. The summed E-state index contributed by atoms with van der Waals surface area (Å²) in [6, 6.07) is 13.3. The Bertz CT molecular complexity index is 929. The van der Waals surface area contributed by atoms with Gasteiger partial charge in [0.15, 0.2) is 11.7 Å². The highest BCUT2D eigenvalue weighted by Gasteiger charge is 2.11. The molecule has 0 saturated heterocycles. The van der Waals surface area contributed by atoms with Crippen molar-refractivity contribution in [2.24, 2.45) is 0 Å². The predicted molar refractivity (Wildman–Crippen MR) is 110 cm³/mol. The maximum Gasteiger partial charge on any atom is 0.264 e. The lowest BCUT2D eigenvalue weighted by Gasteiger charge is -2.09. The highest BCUT2D eigenvalue weighted by atomic mass is 79.9. The fraction of sp³-hybridized carbons (Fsp3) is 0.158. The smallest absolute Gasteiger partial charge is 0.264 e. The van der Waals surface area contributed by atoms with Crippen LogP contribution in [0.1, 0.15) is 12.5 Å². The van der Waals surface area contributed by atoms with E-state index in [4.69, 9.17) is 16.3 Å². The Morgan fingerprint density at radius 2 is 2.12 bits per heavy atom. The van der Waals surface area contributed by atoms with Crippen LogP contribution in [-0.2, 0) is 11.2 Å². The van der Waals surface area contributed by atoms with Gasteiger partial charge in [-0.15, -0.1) is 11.3 Å². The maximum atomic E-state index is 12.1. The number of nitrogens with zero attached hydrogens (tertiary/aromatic N) is 1. The molecule has 1 heterocycles. The topological polar surface area (TPSA) is 51.2 Å². The van der Waals surface area contributed by atoms with Crippen molar-refractivity contribution < 1.29 is 9.53 Å². The Balaban J connectivity index is 1.60. The molecule has 1 amide bonds. The van der Waals surface area contributed by atoms with E-state index >= 15 is 0 Å². The minimum absolute atomic E-state index is 0.0922. The summed E-state index contributed by atoms with van der Waals surface area (Å²) < 4.78 is 6.41. The first-order valence-electron chi connectivity index (χ1n) is 7.98. The van der Waals surface area contributed by atoms with Gasteiger partial charge in [0.25, 0.3) is 5.91 Å². The van der Waals surface area contributed by atoms with Gasteiger partial charge in [-0.2, -0.15) is 0 Å². The number of rotatable bonds is 6. The number of benzene rings is 2. The molecule has 26 heavy (non-hydrogen) atoms. The molecule has 0 aliphatic heterocycles. The first-order chi connectivity index (χ1) is 12.6. The van der Waals surface area contributed by atoms with Gasteiger partial charge >= 0.3 is 0 Å². The zero-order chi connectivity index (χ0) is 18.5. The summed E-state index contributed by atoms with van der Waals surface area (Å²) in [5.74, 6) is 0.366. The fourth-order valence-corrected chi connectivity index (χ4v) is 3.80. The molecule has 1 aromatic heterocycles. The van der Waals surface area contributed by atoms with Crippen LogP contribution in [0.25, 0.3) is 11.3 Å². The third-order valence-corrected chi connectivity index (χ3v) is 5.37. The number of aryl methyl sites for hydroxylation is 1. The van der Waals surface area contributed by atoms with Gasteiger partial charge in [-0.25, -0.2) is 4.98 Å². The normalized spacial score (nSPS) is 10.6. The molecule has 4 nitrogen and oxygen atoms in total. The Morgan fingerprint density at radius 1 is 1.31 bits per heavy atom. The summed E-state index contributed by atoms with van der Waals surface area (Å²) in [6.07, 6.45) is 0.942. The molecule has 0 atom stereocenters. The number of carbonyl (C=O) groups is 1. The second kappa shape index (κ2) is 8.66. The van der Waals surface area contributed by atoms with Crippen molar-refractivity contribution in [1.29, 1.82) is 0 Å². The number of carbonyl (C=O) groups excluding carboxylic acids is 1. The summed E-state index contributed by atoms with van der Waals surface area (Å²) in [7, 11) is 0. The van der Waals surface area contributed by atoms with Crippen LogP contribution < -0.4 is 10.1 Å². The molecule has 3 rings (SSSR count). The number of thiazole rings is 1. The lowest BCUT2D eigenvalue weighted by molar-refractivity contribution is -0.118. The molecule has 1 N–H and O–H groups in total. The van der Waals surface area contributed by atoms with Crippen LogP contribution in [0.3, 0.4) is 0 Å². The van der Waals surface area contributed by atoms with E-state index in [1.807, 2.05) is 47.8 Å². The van der Waals surface area contributed by atoms with E-state index in [-0.39, 0.29) is 12.5 Å². The first-order valence-corrected chi connectivity index (χ1v) is 10.0. The van der Waals surface area contributed by atoms with E-state index in [0.29, 0.717) is 15.9 Å². The zero-order valence-electron chi connectivity index (χ0n) is 14.0. The molecule has 0 aliphatic rings. The lowest BCUT2D eigenvalue weighted by atomic mass is 10.2. The fourth-order valence-electron chi connectivity index (χ4n) is 2.30. The Kier molecular flexibility index (Phi) is 6.29. The van der Waals surface area contributed by atoms with Crippen molar-refractivity contribution >= 4 is 49.9 Å². The van der Waals surface area contributed by atoms with Crippen molar-refractivity contribution in [3.8, 4) is 17.0 Å². The minimum atomic E-state index is -0.267. The highest BCUT2D eigenvalue weighted by Crippen LogP contribution is 2.30. The predicted octanol–water partition coefficient (Wildman–Crippen LogP) is 5.81. The summed E-state index contributed by atoms with van der Waals surface area (Å²) in [4.78, 5) is 16.5. The molecule has 2 aromatic carbocycles. The molecule has 0 unspecified atom stereocenters. The highest BCUT2D eigenvalue weighted by molar-refractivity contribution is 9.10. The average molecular weight is 452 g/mol. The van der Waals surface area contributed by atoms with E-state index in [9.17, 15) is 4.79 Å². The minimum Gasteiger partial charge on any atom is -0.483 e. The molecule has 3 aromatic rings. The molecule has 0 spiro atoms. The summed E-state index contributed by atoms with van der Waals surface area (Å²) in [5, 5.41) is 5.74. The first kappa shape index (κ1) is 18.9. The van der Waals surface area contributed by atoms with Gasteiger partial charge < -0.3 is 4.74 Å². The van der Waals surface area contributed by atoms with Crippen LogP contribution in [0, 0.1) is 0 Å². The van der Waals surface area contributed by atoms with Gasteiger partial charge in [0, 0.05) is 16.0 Å². The lowest BCUT2D eigenvalue weighted by Crippen LogP contribution is -2.20. The zero-order valence-corrected chi connectivity index (χ0v) is 17.1. The van der Waals surface area contributed by atoms with E-state index in [1.54, 1.807) is 0 Å². The number of hydrogen-bond donors (Lipinski definition) is 1. The van der Waals surface area contributed by atoms with Crippen LogP contribution in [0.5, 0.6) is 5.75 Å². The number of amides is 1. The van der Waals surface area contributed by atoms with E-state index < -0.39 is 0 Å². The van der Waals surface area contributed by atoms with Gasteiger partial charge in [-0.05, 0) is 46.1 Å². The standard InChI is InChI=1S/C19H16BrClN2O2S/c1-2-12-7-8-17(14(20)9-12)25-10-18(24)23-19-22-16(11-26-19)13-5-3-4-6-15(13)21/h3-9,11H,2,10H2,1H3,(H,22,23,24). The second-order valence-electron chi connectivity index (χ2n) is 5.47. The van der Waals surface area contributed by atoms with E-state index in [1.165, 1.54) is 16.9 Å². The van der Waals surface area contributed by atoms with Crippen molar-refractivity contribution in [2.45, 2.75) is 13.3 Å². The van der Waals surface area contributed by atoms with Crippen LogP contribution in [0.15, 0.2) is 52.3 Å². The monoisotopic (exact) mass is 450 g/mol. The van der Waals surface area contributed by atoms with Gasteiger partial charge in [0.1, 0.15) is 5.75 Å². The van der Waals surface area contributed by atoms with E-state index in [2.05, 4.69) is 33.2 Å². The van der Waals surface area contributed by atoms with Crippen molar-refractivity contribution in [1.82, 2.24) is 4.98 Å². The molecule has 134 valence electrons. The largest absolute Gasteiger partial charge is 0.483 e. The van der Waals surface area contributed by atoms with E-state index in [0.717, 1.165) is 22.2 Å². The second-order valence-corrected chi connectivity index (χ2v) is 7.59. The number of aromatic nitrogens is 1. The molecule has 0 bridgehead atoms. The molecule has 0 fully saturated rings. The SMILES string of the molecule is CCc1ccc(OCC(=O)Nc2nc(-c3ccccc3Cl)cs2)c(Br)c1. The number of halogens is 2.